The van der Waals surface area contributed by atoms with E-state index >= 15 is 0 Å². The minimum atomic E-state index is -4.20. The molecule has 4 aliphatic rings. The second kappa shape index (κ2) is 13.8. The van der Waals surface area contributed by atoms with Crippen LogP contribution in [0.1, 0.15) is 69.6 Å². The van der Waals surface area contributed by atoms with E-state index in [0.29, 0.717) is 5.03 Å². The second-order valence-corrected chi connectivity index (χ2v) is 19.0. The summed E-state index contributed by atoms with van der Waals surface area (Å²) in [5.41, 5.74) is 8.57. The van der Waals surface area contributed by atoms with Crippen molar-refractivity contribution in [2.24, 2.45) is 5.41 Å². The number of fused-ring (bicyclic) bond motifs is 6. The van der Waals surface area contributed by atoms with E-state index in [4.69, 9.17) is 11.6 Å². The highest BCUT2D eigenvalue weighted by molar-refractivity contribution is 7.86. The van der Waals surface area contributed by atoms with Crippen molar-refractivity contribution in [2.75, 3.05) is 29.5 Å². The number of halogens is 1. The van der Waals surface area contributed by atoms with Gasteiger partial charge in [-0.25, -0.2) is 0 Å². The van der Waals surface area contributed by atoms with Crippen molar-refractivity contribution < 1.29 is 30.5 Å². The molecule has 8 nitrogen and oxygen atoms in total. The van der Waals surface area contributed by atoms with E-state index < -0.39 is 31.4 Å². The summed E-state index contributed by atoms with van der Waals surface area (Å²) in [6.07, 6.45) is 13.6. The van der Waals surface area contributed by atoms with Gasteiger partial charge in [-0.05, 0) is 96.4 Å². The Balaban J connectivity index is 1.27. The van der Waals surface area contributed by atoms with Crippen molar-refractivity contribution in [1.29, 1.82) is 0 Å². The molecule has 2 N–H and O–H groups in total. The number of anilines is 1. The molecule has 0 fully saturated rings. The zero-order valence-corrected chi connectivity index (χ0v) is 32.9. The van der Waals surface area contributed by atoms with Crippen LogP contribution in [0.25, 0.3) is 10.8 Å². The fourth-order valence-corrected chi connectivity index (χ4v) is 10.1. The van der Waals surface area contributed by atoms with Crippen LogP contribution in [-0.2, 0) is 32.1 Å². The minimum absolute atomic E-state index is 0.0335. The monoisotopic (exact) mass is 773 g/mol. The Morgan fingerprint density at radius 3 is 2.36 bits per heavy atom. The summed E-state index contributed by atoms with van der Waals surface area (Å²) in [5.74, 6) is -0.751. The van der Waals surface area contributed by atoms with Gasteiger partial charge in [-0.1, -0.05) is 92.2 Å². The Labute approximate surface area is 318 Å². The Hall–Kier alpha value is -3.80. The molecule has 53 heavy (non-hydrogen) atoms. The van der Waals surface area contributed by atoms with E-state index in [1.54, 1.807) is 0 Å². The van der Waals surface area contributed by atoms with Crippen molar-refractivity contribution in [3.63, 3.8) is 0 Å². The average Bonchev–Trinajstić information content (AvgIpc) is 3.46. The summed E-state index contributed by atoms with van der Waals surface area (Å²) in [6.45, 7) is 8.90. The molecule has 0 bridgehead atoms. The van der Waals surface area contributed by atoms with E-state index in [0.717, 1.165) is 76.0 Å². The predicted octanol–water partition coefficient (Wildman–Crippen LogP) is 8.47. The smallest absolute Gasteiger partial charge is 0.271 e. The highest BCUT2D eigenvalue weighted by Crippen LogP contribution is 2.52. The van der Waals surface area contributed by atoms with Crippen molar-refractivity contribution in [3.8, 4) is 0 Å². The molecule has 0 amide bonds. The van der Waals surface area contributed by atoms with Crippen molar-refractivity contribution in [3.05, 3.63) is 135 Å². The molecule has 0 spiro atoms. The number of allylic oxidation sites excluding steroid dienone is 10. The van der Waals surface area contributed by atoms with Gasteiger partial charge in [-0.3, -0.25) is 9.11 Å². The van der Waals surface area contributed by atoms with Crippen molar-refractivity contribution in [2.45, 2.75) is 64.7 Å². The van der Waals surface area contributed by atoms with Gasteiger partial charge in [0.15, 0.2) is 18.0 Å². The van der Waals surface area contributed by atoms with E-state index in [2.05, 4.69) is 74.8 Å². The standard InChI is InChI=1S/C42H45ClN2O6S2/c1-41(2)36(44(24-26-52(46,47)48)34-20-16-28-10-5-7-14-32(28)38(34)41)22-18-30-12-9-13-31(40(30)43)19-23-37-42(3,4)39-33-15-8-6-11-29(33)17-21-35(39)45(37)25-27-53(49,50)51/h5-8,10-11,14-16,18-23,39H,9,12-13,17,24-27H2,1-4H3,(H-,46,47,48,49,50,51)/p+1. The third-order valence-corrected chi connectivity index (χ3v) is 13.3. The van der Waals surface area contributed by atoms with Gasteiger partial charge in [0.25, 0.3) is 20.2 Å². The molecule has 3 aromatic rings. The molecule has 7 rings (SSSR count). The van der Waals surface area contributed by atoms with Gasteiger partial charge in [0.1, 0.15) is 5.75 Å². The SMILES string of the molecule is CC1(C)/C(=C\C=C2/CCCC(/C=C/C3=[N+](CCS(=O)(=O)O)C4=CCc5ccccc5C4C3(C)C)=C2Cl)N(CCS(=O)(=O)O)c2ccc3ccccc3c21. The molecule has 1 atom stereocenters. The lowest BCUT2D eigenvalue weighted by atomic mass is 9.69. The normalized spacial score (nSPS) is 22.6. The Kier molecular flexibility index (Phi) is 9.77. The van der Waals surface area contributed by atoms with Gasteiger partial charge in [0, 0.05) is 34.5 Å². The lowest BCUT2D eigenvalue weighted by Gasteiger charge is -2.28. The van der Waals surface area contributed by atoms with Gasteiger partial charge in [0.2, 0.25) is 0 Å². The van der Waals surface area contributed by atoms with Crippen LogP contribution in [0, 0.1) is 5.41 Å². The zero-order chi connectivity index (χ0) is 37.9. The van der Waals surface area contributed by atoms with Crippen LogP contribution in [0.3, 0.4) is 0 Å². The lowest BCUT2D eigenvalue weighted by Crippen LogP contribution is -2.30. The largest absolute Gasteiger partial charge is 0.343 e. The van der Waals surface area contributed by atoms with E-state index in [1.165, 1.54) is 11.1 Å². The van der Waals surface area contributed by atoms with Crippen LogP contribution in [0.4, 0.5) is 5.69 Å². The summed E-state index contributed by atoms with van der Waals surface area (Å²) in [7, 11) is -8.38. The number of hydrogen-bond donors (Lipinski definition) is 2. The zero-order valence-electron chi connectivity index (χ0n) is 30.5. The molecule has 0 saturated heterocycles. The molecule has 3 aromatic carbocycles. The lowest BCUT2D eigenvalue weighted by molar-refractivity contribution is -0.468. The highest BCUT2D eigenvalue weighted by atomic mass is 35.5. The fraction of sp³-hybridized carbons (Fsp3) is 0.357. The van der Waals surface area contributed by atoms with E-state index in [9.17, 15) is 25.9 Å². The first-order valence-electron chi connectivity index (χ1n) is 18.1. The first-order chi connectivity index (χ1) is 25.0. The van der Waals surface area contributed by atoms with Gasteiger partial charge < -0.3 is 4.90 Å². The average molecular weight is 774 g/mol. The predicted molar refractivity (Wildman–Crippen MR) is 214 cm³/mol. The summed E-state index contributed by atoms with van der Waals surface area (Å²) in [6, 6.07) is 20.6. The molecule has 2 heterocycles. The highest BCUT2D eigenvalue weighted by Gasteiger charge is 2.53. The number of nitrogens with zero attached hydrogens (tertiary/aromatic N) is 2. The van der Waals surface area contributed by atoms with Crippen LogP contribution < -0.4 is 4.90 Å². The van der Waals surface area contributed by atoms with Gasteiger partial charge in [-0.15, -0.1) is 0 Å². The first kappa shape index (κ1) is 37.5. The van der Waals surface area contributed by atoms with Crippen LogP contribution in [0.5, 0.6) is 0 Å². The Morgan fingerprint density at radius 2 is 1.60 bits per heavy atom. The summed E-state index contributed by atoms with van der Waals surface area (Å²) < 4.78 is 69.1. The molecule has 0 saturated carbocycles. The minimum Gasteiger partial charge on any atom is -0.343 e. The second-order valence-electron chi connectivity index (χ2n) is 15.5. The number of hydrogen-bond acceptors (Lipinski definition) is 5. The fourth-order valence-electron chi connectivity index (χ4n) is 8.96. The summed E-state index contributed by atoms with van der Waals surface area (Å²) in [5, 5.41) is 2.86. The van der Waals surface area contributed by atoms with E-state index in [1.807, 2.05) is 53.5 Å². The van der Waals surface area contributed by atoms with Crippen molar-refractivity contribution in [1.82, 2.24) is 0 Å². The molecular weight excluding hydrogens is 728 g/mol. The van der Waals surface area contributed by atoms with E-state index in [-0.39, 0.29) is 30.2 Å². The van der Waals surface area contributed by atoms with Crippen LogP contribution in [-0.4, -0.2) is 60.8 Å². The molecule has 11 heteroatoms. The first-order valence-corrected chi connectivity index (χ1v) is 21.7. The molecule has 0 radical (unpaired) electrons. The molecule has 0 aromatic heterocycles. The third kappa shape index (κ3) is 7.12. The maximum atomic E-state index is 11.9. The van der Waals surface area contributed by atoms with Crippen LogP contribution >= 0.6 is 11.6 Å². The Bertz CT molecular complexity index is 2430. The number of rotatable bonds is 9. The molecular formula is C42H46ClN2O6S2+. The molecule has 2 aliphatic heterocycles. The van der Waals surface area contributed by atoms with Gasteiger partial charge in [0.05, 0.1) is 17.1 Å². The van der Waals surface area contributed by atoms with Gasteiger partial charge >= 0.3 is 0 Å². The maximum Gasteiger partial charge on any atom is 0.271 e. The quantitative estimate of drug-likeness (QED) is 0.166. The third-order valence-electron chi connectivity index (χ3n) is 11.4. The number of benzene rings is 3. The molecule has 1 unspecified atom stereocenters. The van der Waals surface area contributed by atoms with Gasteiger partial charge in [-0.2, -0.15) is 21.4 Å². The molecule has 2 aliphatic carbocycles. The van der Waals surface area contributed by atoms with Crippen LogP contribution in [0.2, 0.25) is 0 Å². The summed E-state index contributed by atoms with van der Waals surface area (Å²) >= 11 is 7.19. The van der Waals surface area contributed by atoms with Crippen molar-refractivity contribution >= 4 is 54.0 Å². The van der Waals surface area contributed by atoms with Crippen LogP contribution in [0.15, 0.2) is 119 Å². The topological polar surface area (TPSA) is 115 Å². The maximum absolute atomic E-state index is 11.9. The molecule has 278 valence electrons. The Morgan fingerprint density at radius 1 is 0.887 bits per heavy atom. The summed E-state index contributed by atoms with van der Waals surface area (Å²) in [4.78, 5) is 2.00.